The van der Waals surface area contributed by atoms with Crippen molar-refractivity contribution in [1.82, 2.24) is 9.78 Å². The molecule has 1 N–H and O–H groups in total. The van der Waals surface area contributed by atoms with Crippen LogP contribution >= 0.6 is 0 Å². The van der Waals surface area contributed by atoms with Crippen LogP contribution in [-0.2, 0) is 11.2 Å². The van der Waals surface area contributed by atoms with Crippen LogP contribution in [0.25, 0.3) is 5.69 Å². The number of ether oxygens (including phenoxy) is 2. The maximum Gasteiger partial charge on any atom is 0.224 e. The maximum absolute atomic E-state index is 12.5. The van der Waals surface area contributed by atoms with Crippen LogP contribution in [0.1, 0.15) is 23.4 Å². The lowest BCUT2D eigenvalue weighted by atomic mass is 10.1. The molecule has 0 spiro atoms. The van der Waals surface area contributed by atoms with Gasteiger partial charge in [0, 0.05) is 6.42 Å². The number of hydrogen-bond acceptors (Lipinski definition) is 4. The molecule has 3 rings (SSSR count). The molecule has 0 aliphatic heterocycles. The SMILES string of the molecule is COc1ccc(CCC(=O)Nc2c(C)nn(-c3ccccc3)c2C)cc1OC. The van der Waals surface area contributed by atoms with E-state index in [2.05, 4.69) is 10.4 Å². The van der Waals surface area contributed by atoms with E-state index < -0.39 is 0 Å². The molecule has 1 heterocycles. The Kier molecular flexibility index (Phi) is 5.99. The van der Waals surface area contributed by atoms with Gasteiger partial charge in [0.2, 0.25) is 5.91 Å². The van der Waals surface area contributed by atoms with Crippen LogP contribution in [0.3, 0.4) is 0 Å². The quantitative estimate of drug-likeness (QED) is 0.672. The molecule has 3 aromatic rings. The second kappa shape index (κ2) is 8.61. The van der Waals surface area contributed by atoms with Gasteiger partial charge in [-0.25, -0.2) is 4.68 Å². The topological polar surface area (TPSA) is 65.4 Å². The fraction of sp³-hybridized carbons (Fsp3) is 0.273. The second-order valence-electron chi connectivity index (χ2n) is 6.53. The van der Waals surface area contributed by atoms with Gasteiger partial charge in [-0.1, -0.05) is 24.3 Å². The largest absolute Gasteiger partial charge is 0.493 e. The standard InChI is InChI=1S/C22H25N3O3/c1-15-22(16(2)25(24-15)18-8-6-5-7-9-18)23-21(26)13-11-17-10-12-19(27-3)20(14-17)28-4/h5-10,12,14H,11,13H2,1-4H3,(H,23,26). The second-order valence-corrected chi connectivity index (χ2v) is 6.53. The maximum atomic E-state index is 12.5. The lowest BCUT2D eigenvalue weighted by molar-refractivity contribution is -0.116. The van der Waals surface area contributed by atoms with E-state index in [-0.39, 0.29) is 5.91 Å². The van der Waals surface area contributed by atoms with Gasteiger partial charge in [-0.3, -0.25) is 4.79 Å². The number of nitrogens with zero attached hydrogens (tertiary/aromatic N) is 2. The van der Waals surface area contributed by atoms with Gasteiger partial charge in [-0.15, -0.1) is 0 Å². The Hall–Kier alpha value is -3.28. The highest BCUT2D eigenvalue weighted by Crippen LogP contribution is 2.28. The van der Waals surface area contributed by atoms with Crippen LogP contribution in [-0.4, -0.2) is 29.9 Å². The molecule has 28 heavy (non-hydrogen) atoms. The van der Waals surface area contributed by atoms with Gasteiger partial charge in [-0.05, 0) is 50.1 Å². The van der Waals surface area contributed by atoms with E-state index in [0.717, 1.165) is 28.3 Å². The first-order valence-electron chi connectivity index (χ1n) is 9.16. The first kappa shape index (κ1) is 19.5. The Labute approximate surface area is 165 Å². The monoisotopic (exact) mass is 379 g/mol. The molecule has 0 fully saturated rings. The Balaban J connectivity index is 1.68. The number of benzene rings is 2. The van der Waals surface area contributed by atoms with Crippen LogP contribution in [0, 0.1) is 13.8 Å². The number of anilines is 1. The third kappa shape index (κ3) is 4.17. The molecule has 0 aliphatic rings. The Morgan fingerprint density at radius 3 is 2.43 bits per heavy atom. The fourth-order valence-corrected chi connectivity index (χ4v) is 3.14. The highest BCUT2D eigenvalue weighted by atomic mass is 16.5. The molecule has 0 saturated heterocycles. The number of para-hydroxylation sites is 1. The smallest absolute Gasteiger partial charge is 0.224 e. The number of aryl methyl sites for hydroxylation is 2. The van der Waals surface area contributed by atoms with Crippen LogP contribution in [0.5, 0.6) is 11.5 Å². The molecule has 1 amide bonds. The summed E-state index contributed by atoms with van der Waals surface area (Å²) in [6.07, 6.45) is 0.974. The van der Waals surface area contributed by atoms with Gasteiger partial charge in [0.25, 0.3) is 0 Å². The van der Waals surface area contributed by atoms with E-state index in [1.165, 1.54) is 0 Å². The fourth-order valence-electron chi connectivity index (χ4n) is 3.14. The third-order valence-corrected chi connectivity index (χ3v) is 4.65. The van der Waals surface area contributed by atoms with Gasteiger partial charge >= 0.3 is 0 Å². The van der Waals surface area contributed by atoms with Crippen LogP contribution in [0.4, 0.5) is 5.69 Å². The molecular formula is C22H25N3O3. The van der Waals surface area contributed by atoms with Crippen LogP contribution in [0.2, 0.25) is 0 Å². The minimum atomic E-state index is -0.0476. The van der Waals surface area contributed by atoms with E-state index in [4.69, 9.17) is 9.47 Å². The van der Waals surface area contributed by atoms with E-state index >= 15 is 0 Å². The number of amides is 1. The molecule has 0 bridgehead atoms. The molecule has 1 aromatic heterocycles. The van der Waals surface area contributed by atoms with Crippen molar-refractivity contribution < 1.29 is 14.3 Å². The number of nitrogens with one attached hydrogen (secondary N) is 1. The normalized spacial score (nSPS) is 10.6. The predicted octanol–water partition coefficient (Wildman–Crippen LogP) is 4.08. The summed E-state index contributed by atoms with van der Waals surface area (Å²) >= 11 is 0. The molecule has 0 aliphatic carbocycles. The van der Waals surface area contributed by atoms with Crippen LogP contribution in [0.15, 0.2) is 48.5 Å². The zero-order valence-electron chi connectivity index (χ0n) is 16.7. The van der Waals surface area contributed by atoms with Crippen molar-refractivity contribution in [2.24, 2.45) is 0 Å². The predicted molar refractivity (Wildman–Crippen MR) is 110 cm³/mol. The van der Waals surface area contributed by atoms with E-state index in [1.54, 1.807) is 14.2 Å². The number of aromatic nitrogens is 2. The number of rotatable bonds is 7. The summed E-state index contributed by atoms with van der Waals surface area (Å²) in [5, 5.41) is 7.58. The molecule has 2 aromatic carbocycles. The number of carbonyl (C=O) groups is 1. The first-order chi connectivity index (χ1) is 13.5. The minimum absolute atomic E-state index is 0.0476. The highest BCUT2D eigenvalue weighted by molar-refractivity contribution is 5.92. The van der Waals surface area contributed by atoms with Crippen molar-refractivity contribution >= 4 is 11.6 Å². The molecular weight excluding hydrogens is 354 g/mol. The Bertz CT molecular complexity index is 965. The summed E-state index contributed by atoms with van der Waals surface area (Å²) in [5.41, 5.74) is 4.44. The number of hydrogen-bond donors (Lipinski definition) is 1. The van der Waals surface area contributed by atoms with Crippen molar-refractivity contribution in [3.63, 3.8) is 0 Å². The van der Waals surface area contributed by atoms with E-state index in [1.807, 2.05) is 67.1 Å². The zero-order chi connectivity index (χ0) is 20.1. The summed E-state index contributed by atoms with van der Waals surface area (Å²) in [6.45, 7) is 3.85. The summed E-state index contributed by atoms with van der Waals surface area (Å²) in [4.78, 5) is 12.5. The zero-order valence-corrected chi connectivity index (χ0v) is 16.7. The lowest BCUT2D eigenvalue weighted by Crippen LogP contribution is -2.13. The van der Waals surface area contributed by atoms with Gasteiger partial charge in [0.15, 0.2) is 11.5 Å². The average molecular weight is 379 g/mol. The summed E-state index contributed by atoms with van der Waals surface area (Å²) < 4.78 is 12.4. The van der Waals surface area contributed by atoms with Gasteiger partial charge in [-0.2, -0.15) is 5.10 Å². The van der Waals surface area contributed by atoms with E-state index in [0.29, 0.717) is 24.3 Å². The Morgan fingerprint density at radius 2 is 1.75 bits per heavy atom. The first-order valence-corrected chi connectivity index (χ1v) is 9.16. The number of carbonyl (C=O) groups excluding carboxylic acids is 1. The molecule has 6 nitrogen and oxygen atoms in total. The van der Waals surface area contributed by atoms with Crippen molar-refractivity contribution in [3.8, 4) is 17.2 Å². The van der Waals surface area contributed by atoms with Crippen molar-refractivity contribution in [2.45, 2.75) is 26.7 Å². The summed E-state index contributed by atoms with van der Waals surface area (Å²) in [6, 6.07) is 15.6. The number of methoxy groups -OCH3 is 2. The molecule has 0 atom stereocenters. The van der Waals surface area contributed by atoms with Gasteiger partial charge < -0.3 is 14.8 Å². The molecule has 6 heteroatoms. The third-order valence-electron chi connectivity index (χ3n) is 4.65. The Morgan fingerprint density at radius 1 is 1.04 bits per heavy atom. The molecule has 146 valence electrons. The van der Waals surface area contributed by atoms with E-state index in [9.17, 15) is 4.79 Å². The van der Waals surface area contributed by atoms with Crippen molar-refractivity contribution in [1.29, 1.82) is 0 Å². The van der Waals surface area contributed by atoms with Gasteiger partial charge in [0.1, 0.15) is 0 Å². The molecule has 0 unspecified atom stereocenters. The average Bonchev–Trinajstić information content (AvgIpc) is 3.00. The molecule has 0 saturated carbocycles. The van der Waals surface area contributed by atoms with Gasteiger partial charge in [0.05, 0.1) is 37.0 Å². The van der Waals surface area contributed by atoms with Crippen molar-refractivity contribution in [2.75, 3.05) is 19.5 Å². The minimum Gasteiger partial charge on any atom is -0.493 e. The summed E-state index contributed by atoms with van der Waals surface area (Å²) in [7, 11) is 3.20. The lowest BCUT2D eigenvalue weighted by Gasteiger charge is -2.10. The highest BCUT2D eigenvalue weighted by Gasteiger charge is 2.15. The van der Waals surface area contributed by atoms with Crippen molar-refractivity contribution in [3.05, 3.63) is 65.5 Å². The van der Waals surface area contributed by atoms with Crippen LogP contribution < -0.4 is 14.8 Å². The molecule has 0 radical (unpaired) electrons. The summed E-state index contributed by atoms with van der Waals surface area (Å²) in [5.74, 6) is 1.29.